The summed E-state index contributed by atoms with van der Waals surface area (Å²) in [5.74, 6) is 1.30. The van der Waals surface area contributed by atoms with Gasteiger partial charge in [0, 0.05) is 43.8 Å². The van der Waals surface area contributed by atoms with Gasteiger partial charge in [0.2, 0.25) is 5.95 Å². The van der Waals surface area contributed by atoms with Crippen LogP contribution < -0.4 is 15.1 Å². The summed E-state index contributed by atoms with van der Waals surface area (Å²) in [6.07, 6.45) is 1.78. The Balaban J connectivity index is 1.41. The van der Waals surface area contributed by atoms with Gasteiger partial charge in [-0.05, 0) is 49.4 Å². The van der Waals surface area contributed by atoms with Gasteiger partial charge in [0.15, 0.2) is 0 Å². The summed E-state index contributed by atoms with van der Waals surface area (Å²) in [4.78, 5) is 13.5. The molecule has 0 amide bonds. The average molecular weight is 363 g/mol. The molecule has 0 unspecified atom stereocenters. The van der Waals surface area contributed by atoms with Crippen LogP contribution >= 0.6 is 0 Å². The standard InChI is InChI=1S/C21H22FN5/c1-16-2-6-18(7-3-16)24-20-10-11-23-21(25-20)27-14-12-26(13-15-27)19-8-4-17(22)5-9-19/h2-11H,12-15H2,1H3,(H,23,24,25). The molecule has 1 saturated heterocycles. The summed E-state index contributed by atoms with van der Waals surface area (Å²) in [6, 6.07) is 16.8. The van der Waals surface area contributed by atoms with E-state index in [9.17, 15) is 4.39 Å². The van der Waals surface area contributed by atoms with Crippen LogP contribution in [0.5, 0.6) is 0 Å². The van der Waals surface area contributed by atoms with Gasteiger partial charge in [-0.3, -0.25) is 0 Å². The highest BCUT2D eigenvalue weighted by molar-refractivity contribution is 5.57. The number of nitrogens with zero attached hydrogens (tertiary/aromatic N) is 4. The molecule has 1 aliphatic rings. The van der Waals surface area contributed by atoms with E-state index in [1.807, 2.05) is 30.3 Å². The third kappa shape index (κ3) is 4.16. The van der Waals surface area contributed by atoms with E-state index in [2.05, 4.69) is 44.1 Å². The van der Waals surface area contributed by atoms with E-state index in [1.165, 1.54) is 17.7 Å². The van der Waals surface area contributed by atoms with E-state index in [-0.39, 0.29) is 5.82 Å². The molecule has 4 rings (SSSR count). The van der Waals surface area contributed by atoms with Gasteiger partial charge in [0.25, 0.3) is 0 Å². The fraction of sp³-hybridized carbons (Fsp3) is 0.238. The Bertz CT molecular complexity index is 887. The fourth-order valence-corrected chi connectivity index (χ4v) is 3.17. The zero-order chi connectivity index (χ0) is 18.6. The molecule has 0 aliphatic carbocycles. The molecule has 2 aromatic carbocycles. The van der Waals surface area contributed by atoms with Gasteiger partial charge in [-0.25, -0.2) is 9.37 Å². The van der Waals surface area contributed by atoms with Crippen LogP contribution in [0.15, 0.2) is 60.8 Å². The second-order valence-corrected chi connectivity index (χ2v) is 6.68. The maximum atomic E-state index is 13.1. The van der Waals surface area contributed by atoms with E-state index in [0.717, 1.165) is 49.3 Å². The maximum Gasteiger partial charge on any atom is 0.227 e. The molecule has 27 heavy (non-hydrogen) atoms. The van der Waals surface area contributed by atoms with Crippen LogP contribution in [0.4, 0.5) is 27.5 Å². The van der Waals surface area contributed by atoms with Crippen LogP contribution in [-0.4, -0.2) is 36.1 Å². The lowest BCUT2D eigenvalue weighted by atomic mass is 10.2. The lowest BCUT2D eigenvalue weighted by Crippen LogP contribution is -2.47. The van der Waals surface area contributed by atoms with E-state index < -0.39 is 0 Å². The molecule has 0 atom stereocenters. The third-order valence-electron chi connectivity index (χ3n) is 4.72. The number of halogens is 1. The zero-order valence-electron chi connectivity index (χ0n) is 15.3. The monoisotopic (exact) mass is 363 g/mol. The zero-order valence-corrected chi connectivity index (χ0v) is 15.3. The minimum Gasteiger partial charge on any atom is -0.368 e. The van der Waals surface area contributed by atoms with Crippen LogP contribution in [0.2, 0.25) is 0 Å². The predicted octanol–water partition coefficient (Wildman–Crippen LogP) is 3.99. The first-order valence-corrected chi connectivity index (χ1v) is 9.09. The second kappa shape index (κ2) is 7.61. The second-order valence-electron chi connectivity index (χ2n) is 6.68. The topological polar surface area (TPSA) is 44.3 Å². The number of hydrogen-bond donors (Lipinski definition) is 1. The predicted molar refractivity (Wildman–Crippen MR) is 107 cm³/mol. The molecule has 3 aromatic rings. The lowest BCUT2D eigenvalue weighted by molar-refractivity contribution is 0.623. The molecule has 5 nitrogen and oxygen atoms in total. The molecule has 1 aromatic heterocycles. The Hall–Kier alpha value is -3.15. The summed E-state index contributed by atoms with van der Waals surface area (Å²) in [7, 11) is 0. The quantitative estimate of drug-likeness (QED) is 0.759. The smallest absolute Gasteiger partial charge is 0.227 e. The molecule has 1 aliphatic heterocycles. The van der Waals surface area contributed by atoms with Gasteiger partial charge >= 0.3 is 0 Å². The van der Waals surface area contributed by atoms with Crippen LogP contribution in [0.1, 0.15) is 5.56 Å². The third-order valence-corrected chi connectivity index (χ3v) is 4.72. The lowest BCUT2D eigenvalue weighted by Gasteiger charge is -2.36. The van der Waals surface area contributed by atoms with Gasteiger partial charge in [0.1, 0.15) is 11.6 Å². The van der Waals surface area contributed by atoms with Gasteiger partial charge in [-0.15, -0.1) is 0 Å². The van der Waals surface area contributed by atoms with Crippen molar-refractivity contribution in [2.75, 3.05) is 41.3 Å². The number of benzene rings is 2. The van der Waals surface area contributed by atoms with Crippen LogP contribution in [0, 0.1) is 12.7 Å². The molecule has 0 bridgehead atoms. The highest BCUT2D eigenvalue weighted by Gasteiger charge is 2.19. The van der Waals surface area contributed by atoms with Crippen molar-refractivity contribution in [1.29, 1.82) is 0 Å². The highest BCUT2D eigenvalue weighted by atomic mass is 19.1. The highest BCUT2D eigenvalue weighted by Crippen LogP contribution is 2.21. The van der Waals surface area contributed by atoms with Crippen molar-refractivity contribution in [3.05, 3.63) is 72.2 Å². The number of anilines is 4. The summed E-state index contributed by atoms with van der Waals surface area (Å²) in [5, 5.41) is 3.33. The molecule has 2 heterocycles. The normalized spacial score (nSPS) is 14.3. The largest absolute Gasteiger partial charge is 0.368 e. The summed E-state index contributed by atoms with van der Waals surface area (Å²) >= 11 is 0. The number of piperazine rings is 1. The molecule has 138 valence electrons. The Kier molecular flexibility index (Phi) is 4.87. The molecule has 1 fully saturated rings. The summed E-state index contributed by atoms with van der Waals surface area (Å²) < 4.78 is 13.1. The summed E-state index contributed by atoms with van der Waals surface area (Å²) in [5.41, 5.74) is 3.28. The Morgan fingerprint density at radius 2 is 1.52 bits per heavy atom. The SMILES string of the molecule is Cc1ccc(Nc2ccnc(N3CCN(c4ccc(F)cc4)CC3)n2)cc1. The average Bonchev–Trinajstić information content (AvgIpc) is 2.71. The Morgan fingerprint density at radius 3 is 2.22 bits per heavy atom. The van der Waals surface area contributed by atoms with E-state index in [0.29, 0.717) is 0 Å². The number of aromatic nitrogens is 2. The van der Waals surface area contributed by atoms with Crippen molar-refractivity contribution in [2.45, 2.75) is 6.92 Å². The van der Waals surface area contributed by atoms with Crippen molar-refractivity contribution in [3.63, 3.8) is 0 Å². The van der Waals surface area contributed by atoms with E-state index in [4.69, 9.17) is 0 Å². The van der Waals surface area contributed by atoms with Crippen LogP contribution in [-0.2, 0) is 0 Å². The van der Waals surface area contributed by atoms with Gasteiger partial charge in [-0.1, -0.05) is 17.7 Å². The number of hydrogen-bond acceptors (Lipinski definition) is 5. The Morgan fingerprint density at radius 1 is 0.852 bits per heavy atom. The van der Waals surface area contributed by atoms with Crippen molar-refractivity contribution in [3.8, 4) is 0 Å². The first-order chi connectivity index (χ1) is 13.2. The van der Waals surface area contributed by atoms with Crippen molar-refractivity contribution in [2.24, 2.45) is 0 Å². The maximum absolute atomic E-state index is 13.1. The van der Waals surface area contributed by atoms with Gasteiger partial charge in [-0.2, -0.15) is 4.98 Å². The number of rotatable bonds is 4. The van der Waals surface area contributed by atoms with Crippen molar-refractivity contribution >= 4 is 23.1 Å². The van der Waals surface area contributed by atoms with E-state index in [1.54, 1.807) is 6.20 Å². The molecule has 1 N–H and O–H groups in total. The Labute approximate surface area is 158 Å². The first kappa shape index (κ1) is 17.3. The molecule has 0 spiro atoms. The molecule has 0 radical (unpaired) electrons. The van der Waals surface area contributed by atoms with Crippen LogP contribution in [0.25, 0.3) is 0 Å². The summed E-state index contributed by atoms with van der Waals surface area (Å²) in [6.45, 7) is 5.42. The molecule has 0 saturated carbocycles. The molecular formula is C21H22FN5. The molecule has 6 heteroatoms. The molecular weight excluding hydrogens is 341 g/mol. The first-order valence-electron chi connectivity index (χ1n) is 9.09. The van der Waals surface area contributed by atoms with E-state index >= 15 is 0 Å². The number of aryl methyl sites for hydroxylation is 1. The minimum atomic E-state index is -0.205. The van der Waals surface area contributed by atoms with Crippen molar-refractivity contribution in [1.82, 2.24) is 9.97 Å². The van der Waals surface area contributed by atoms with Gasteiger partial charge < -0.3 is 15.1 Å². The van der Waals surface area contributed by atoms with Crippen molar-refractivity contribution < 1.29 is 4.39 Å². The van der Waals surface area contributed by atoms with Gasteiger partial charge in [0.05, 0.1) is 0 Å². The minimum absolute atomic E-state index is 0.205. The van der Waals surface area contributed by atoms with Crippen LogP contribution in [0.3, 0.4) is 0 Å². The number of nitrogens with one attached hydrogen (secondary N) is 1. The fourth-order valence-electron chi connectivity index (χ4n) is 3.17.